The molecule has 0 radical (unpaired) electrons. The lowest BCUT2D eigenvalue weighted by atomic mass is 10.2. The monoisotopic (exact) mass is 404 g/mol. The van der Waals surface area contributed by atoms with Crippen LogP contribution in [-0.4, -0.2) is 77.9 Å². The number of nitrogens with zero attached hydrogens (tertiary/aromatic N) is 3. The van der Waals surface area contributed by atoms with Gasteiger partial charge < -0.3 is 14.4 Å². The predicted octanol–water partition coefficient (Wildman–Crippen LogP) is 2.45. The fourth-order valence-electron chi connectivity index (χ4n) is 3.65. The molecule has 0 spiro atoms. The van der Waals surface area contributed by atoms with Crippen LogP contribution in [0, 0.1) is 0 Å². The molecule has 29 heavy (non-hydrogen) atoms. The highest BCUT2D eigenvalue weighted by Gasteiger charge is 2.33. The molecule has 1 aromatic rings. The van der Waals surface area contributed by atoms with Gasteiger partial charge in [0, 0.05) is 45.3 Å². The van der Waals surface area contributed by atoms with Crippen LogP contribution >= 0.6 is 0 Å². The van der Waals surface area contributed by atoms with E-state index in [1.54, 1.807) is 4.90 Å². The summed E-state index contributed by atoms with van der Waals surface area (Å²) in [5.74, 6) is 0. The molecule has 2 saturated heterocycles. The van der Waals surface area contributed by atoms with Crippen molar-refractivity contribution in [1.29, 1.82) is 0 Å². The van der Waals surface area contributed by atoms with E-state index >= 15 is 0 Å². The van der Waals surface area contributed by atoms with Crippen molar-refractivity contribution in [3.63, 3.8) is 0 Å². The molecule has 8 nitrogen and oxygen atoms in total. The first-order chi connectivity index (χ1) is 13.8. The van der Waals surface area contributed by atoms with E-state index in [1.165, 1.54) is 0 Å². The number of hydrogen-bond donors (Lipinski definition) is 1. The molecular weight excluding hydrogens is 372 g/mol. The van der Waals surface area contributed by atoms with Gasteiger partial charge in [-0.15, -0.1) is 0 Å². The zero-order valence-electron chi connectivity index (χ0n) is 17.6. The lowest BCUT2D eigenvalue weighted by molar-refractivity contribution is 0.0173. The number of nitrogens with one attached hydrogen (secondary N) is 1. The Morgan fingerprint density at radius 3 is 2.41 bits per heavy atom. The molecule has 2 fully saturated rings. The SMILES string of the molecule is CC(C)(C)OC(=O)NN1CCN(C2CCN(C(=O)OCc3ccccc3)C2)CC1. The molecule has 2 aliphatic heterocycles. The summed E-state index contributed by atoms with van der Waals surface area (Å²) in [6.45, 7) is 10.4. The minimum Gasteiger partial charge on any atom is -0.445 e. The van der Waals surface area contributed by atoms with E-state index in [-0.39, 0.29) is 6.09 Å². The first-order valence-corrected chi connectivity index (χ1v) is 10.2. The minimum absolute atomic E-state index is 0.249. The smallest absolute Gasteiger partial charge is 0.422 e. The third kappa shape index (κ3) is 6.61. The molecule has 0 bridgehead atoms. The summed E-state index contributed by atoms with van der Waals surface area (Å²) in [5.41, 5.74) is 3.29. The molecule has 1 unspecified atom stereocenters. The van der Waals surface area contributed by atoms with Gasteiger partial charge in [-0.1, -0.05) is 30.3 Å². The fraction of sp³-hybridized carbons (Fsp3) is 0.619. The van der Waals surface area contributed by atoms with Crippen LogP contribution in [0.25, 0.3) is 0 Å². The zero-order valence-corrected chi connectivity index (χ0v) is 17.6. The highest BCUT2D eigenvalue weighted by molar-refractivity contribution is 5.68. The number of amides is 2. The first-order valence-electron chi connectivity index (χ1n) is 10.2. The van der Waals surface area contributed by atoms with Gasteiger partial charge in [-0.25, -0.2) is 14.6 Å². The second-order valence-corrected chi connectivity index (χ2v) is 8.57. The van der Waals surface area contributed by atoms with Crippen molar-refractivity contribution in [2.75, 3.05) is 39.3 Å². The van der Waals surface area contributed by atoms with Crippen LogP contribution < -0.4 is 5.43 Å². The number of piperazine rings is 1. The van der Waals surface area contributed by atoms with Crippen LogP contribution in [0.15, 0.2) is 30.3 Å². The maximum atomic E-state index is 12.3. The average molecular weight is 405 g/mol. The maximum Gasteiger partial charge on any atom is 0.422 e. The van der Waals surface area contributed by atoms with Crippen LogP contribution in [0.3, 0.4) is 0 Å². The largest absolute Gasteiger partial charge is 0.445 e. The molecule has 0 saturated carbocycles. The summed E-state index contributed by atoms with van der Waals surface area (Å²) in [5, 5.41) is 1.89. The lowest BCUT2D eigenvalue weighted by Gasteiger charge is -2.37. The number of carbonyl (C=O) groups is 2. The van der Waals surface area contributed by atoms with E-state index in [2.05, 4.69) is 10.3 Å². The van der Waals surface area contributed by atoms with E-state index in [0.717, 1.165) is 38.2 Å². The van der Waals surface area contributed by atoms with Crippen molar-refractivity contribution in [3.8, 4) is 0 Å². The van der Waals surface area contributed by atoms with Gasteiger partial charge in [0.05, 0.1) is 0 Å². The van der Waals surface area contributed by atoms with Crippen molar-refractivity contribution in [3.05, 3.63) is 35.9 Å². The van der Waals surface area contributed by atoms with E-state index in [4.69, 9.17) is 9.47 Å². The van der Waals surface area contributed by atoms with Crippen LogP contribution in [-0.2, 0) is 16.1 Å². The second-order valence-electron chi connectivity index (χ2n) is 8.57. The zero-order chi connectivity index (χ0) is 20.9. The Labute approximate surface area is 172 Å². The molecule has 1 aromatic carbocycles. The lowest BCUT2D eigenvalue weighted by Crippen LogP contribution is -2.56. The quantitative estimate of drug-likeness (QED) is 0.831. The van der Waals surface area contributed by atoms with Gasteiger partial charge in [-0.3, -0.25) is 10.3 Å². The number of carbonyl (C=O) groups excluding carboxylic acids is 2. The second kappa shape index (κ2) is 9.45. The van der Waals surface area contributed by atoms with Gasteiger partial charge in [-0.2, -0.15) is 0 Å². The standard InChI is InChI=1S/C21H32N4O4/c1-21(2,3)29-19(26)22-25-13-11-23(12-14-25)18-9-10-24(15-18)20(27)28-16-17-7-5-4-6-8-17/h4-8,18H,9-16H2,1-3H3,(H,22,26). The average Bonchev–Trinajstić information content (AvgIpc) is 3.16. The molecule has 2 amide bonds. The first kappa shape index (κ1) is 21.4. The summed E-state index contributed by atoms with van der Waals surface area (Å²) >= 11 is 0. The van der Waals surface area contributed by atoms with E-state index in [1.807, 2.05) is 56.1 Å². The van der Waals surface area contributed by atoms with Crippen LogP contribution in [0.1, 0.15) is 32.8 Å². The van der Waals surface area contributed by atoms with Crippen LogP contribution in [0.2, 0.25) is 0 Å². The van der Waals surface area contributed by atoms with E-state index in [9.17, 15) is 9.59 Å². The Balaban J connectivity index is 1.37. The third-order valence-corrected chi connectivity index (χ3v) is 5.11. The van der Waals surface area contributed by atoms with Crippen LogP contribution in [0.4, 0.5) is 9.59 Å². The summed E-state index contributed by atoms with van der Waals surface area (Å²) in [6, 6.07) is 10.1. The van der Waals surface area contributed by atoms with Gasteiger partial charge in [0.15, 0.2) is 0 Å². The number of hydrogen-bond acceptors (Lipinski definition) is 6. The number of rotatable bonds is 4. The maximum absolute atomic E-state index is 12.3. The highest BCUT2D eigenvalue weighted by Crippen LogP contribution is 2.18. The van der Waals surface area contributed by atoms with Gasteiger partial charge in [0.2, 0.25) is 0 Å². The Morgan fingerprint density at radius 1 is 1.07 bits per heavy atom. The number of benzene rings is 1. The van der Waals surface area contributed by atoms with Crippen molar-refractivity contribution in [2.24, 2.45) is 0 Å². The van der Waals surface area contributed by atoms with Gasteiger partial charge in [-0.05, 0) is 32.8 Å². The molecule has 8 heteroatoms. The molecule has 1 N–H and O–H groups in total. The topological polar surface area (TPSA) is 74.4 Å². The van der Waals surface area contributed by atoms with E-state index < -0.39 is 11.7 Å². The van der Waals surface area contributed by atoms with Crippen molar-refractivity contribution in [2.45, 2.75) is 45.4 Å². The Morgan fingerprint density at radius 2 is 1.76 bits per heavy atom. The Kier molecular flexibility index (Phi) is 6.97. The van der Waals surface area contributed by atoms with Gasteiger partial charge >= 0.3 is 12.2 Å². The molecular formula is C21H32N4O4. The number of ether oxygens (including phenoxy) is 2. The predicted molar refractivity (Wildman–Crippen MR) is 109 cm³/mol. The van der Waals surface area contributed by atoms with Crippen LogP contribution in [0.5, 0.6) is 0 Å². The molecule has 1 atom stereocenters. The summed E-state index contributed by atoms with van der Waals surface area (Å²) < 4.78 is 10.7. The van der Waals surface area contributed by atoms with Gasteiger partial charge in [0.1, 0.15) is 12.2 Å². The summed E-state index contributed by atoms with van der Waals surface area (Å²) in [7, 11) is 0. The molecule has 0 aliphatic carbocycles. The summed E-state index contributed by atoms with van der Waals surface area (Å²) in [6.07, 6.45) is 0.278. The number of hydrazine groups is 1. The van der Waals surface area contributed by atoms with Crippen molar-refractivity contribution in [1.82, 2.24) is 20.2 Å². The molecule has 160 valence electrons. The molecule has 0 aromatic heterocycles. The third-order valence-electron chi connectivity index (χ3n) is 5.11. The van der Waals surface area contributed by atoms with Crippen molar-refractivity contribution >= 4 is 12.2 Å². The Hall–Kier alpha value is -2.32. The molecule has 3 rings (SSSR count). The molecule has 2 heterocycles. The minimum atomic E-state index is -0.506. The Bertz CT molecular complexity index is 684. The molecule has 2 aliphatic rings. The normalized spacial score (nSPS) is 21.1. The summed E-state index contributed by atoms with van der Waals surface area (Å²) in [4.78, 5) is 28.4. The fourth-order valence-corrected chi connectivity index (χ4v) is 3.65. The highest BCUT2D eigenvalue weighted by atomic mass is 16.6. The van der Waals surface area contributed by atoms with Gasteiger partial charge in [0.25, 0.3) is 0 Å². The number of likely N-dealkylation sites (tertiary alicyclic amines) is 1. The van der Waals surface area contributed by atoms with Crippen molar-refractivity contribution < 1.29 is 19.1 Å². The van der Waals surface area contributed by atoms with E-state index in [0.29, 0.717) is 25.7 Å².